The number of rotatable bonds is 3. The summed E-state index contributed by atoms with van der Waals surface area (Å²) in [6.07, 6.45) is -1.57. The van der Waals surface area contributed by atoms with Crippen LogP contribution in [0.5, 0.6) is 0 Å². The molecular weight excluding hydrogens is 272 g/mol. The van der Waals surface area contributed by atoms with E-state index in [9.17, 15) is 19.5 Å². The van der Waals surface area contributed by atoms with Gasteiger partial charge in [0.05, 0.1) is 19.8 Å². The molecule has 0 aromatic carbocycles. The van der Waals surface area contributed by atoms with Crippen molar-refractivity contribution in [1.82, 2.24) is 9.55 Å². The van der Waals surface area contributed by atoms with Gasteiger partial charge in [-0.05, 0) is 0 Å². The Labute approximate surface area is 112 Å². The number of esters is 1. The van der Waals surface area contributed by atoms with Crippen molar-refractivity contribution in [2.24, 2.45) is 0 Å². The fourth-order valence-electron chi connectivity index (χ4n) is 2.00. The first-order valence-corrected chi connectivity index (χ1v) is 5.86. The summed E-state index contributed by atoms with van der Waals surface area (Å²) in [6.45, 7) is -0.403. The Kier molecular flexibility index (Phi) is 4.02. The molecule has 0 bridgehead atoms. The number of aromatic amines is 1. The van der Waals surface area contributed by atoms with Gasteiger partial charge in [0.2, 0.25) is 0 Å². The third-order valence-corrected chi connectivity index (χ3v) is 3.07. The van der Waals surface area contributed by atoms with Gasteiger partial charge in [-0.15, -0.1) is 0 Å². The molecule has 3 N–H and O–H groups in total. The predicted octanol–water partition coefficient (Wildman–Crippen LogP) is -2.04. The van der Waals surface area contributed by atoms with E-state index in [2.05, 4.69) is 4.74 Å². The number of nitrogens with zero attached hydrogens (tertiary/aromatic N) is 1. The van der Waals surface area contributed by atoms with E-state index in [1.807, 2.05) is 4.98 Å². The maximum Gasteiger partial charge on any atom is 0.345 e. The molecule has 3 atom stereocenters. The van der Waals surface area contributed by atoms with E-state index >= 15 is 0 Å². The van der Waals surface area contributed by atoms with Gasteiger partial charge in [-0.25, -0.2) is 9.59 Å². The van der Waals surface area contributed by atoms with Gasteiger partial charge in [0.1, 0.15) is 17.9 Å². The molecule has 0 unspecified atom stereocenters. The van der Waals surface area contributed by atoms with Crippen molar-refractivity contribution >= 4 is 5.97 Å². The minimum absolute atomic E-state index is 0.0534. The summed E-state index contributed by atoms with van der Waals surface area (Å²) in [6, 6.07) is 0. The Bertz CT molecular complexity index is 620. The number of hydrogen-bond donors (Lipinski definition) is 3. The SMILES string of the molecule is COC(=O)c1cn([C@H]2C[C@@H](O)[C@@H](CO)O2)c(=O)[nH]c1=O. The van der Waals surface area contributed by atoms with E-state index in [4.69, 9.17) is 9.84 Å². The summed E-state index contributed by atoms with van der Waals surface area (Å²) in [5, 5.41) is 18.6. The maximum atomic E-state index is 11.7. The Morgan fingerprint density at radius 1 is 1.60 bits per heavy atom. The van der Waals surface area contributed by atoms with Crippen LogP contribution in [0.3, 0.4) is 0 Å². The highest BCUT2D eigenvalue weighted by molar-refractivity contribution is 5.88. The first-order chi connectivity index (χ1) is 9.47. The zero-order valence-electron chi connectivity index (χ0n) is 10.6. The summed E-state index contributed by atoms with van der Waals surface area (Å²) in [7, 11) is 1.11. The Morgan fingerprint density at radius 2 is 2.30 bits per heavy atom. The maximum absolute atomic E-state index is 11.7. The van der Waals surface area contributed by atoms with Crippen LogP contribution in [0, 0.1) is 0 Å². The number of aliphatic hydroxyl groups excluding tert-OH is 2. The number of hydrogen-bond acceptors (Lipinski definition) is 7. The molecule has 1 aromatic heterocycles. The van der Waals surface area contributed by atoms with Crippen LogP contribution >= 0.6 is 0 Å². The van der Waals surface area contributed by atoms with Gasteiger partial charge >= 0.3 is 11.7 Å². The van der Waals surface area contributed by atoms with Crippen LogP contribution in [-0.4, -0.2) is 51.7 Å². The highest BCUT2D eigenvalue weighted by Gasteiger charge is 2.35. The zero-order valence-corrected chi connectivity index (χ0v) is 10.6. The van der Waals surface area contributed by atoms with E-state index in [1.54, 1.807) is 0 Å². The minimum atomic E-state index is -0.939. The molecule has 110 valence electrons. The Hall–Kier alpha value is -1.97. The average molecular weight is 286 g/mol. The van der Waals surface area contributed by atoms with Crippen molar-refractivity contribution in [3.05, 3.63) is 32.6 Å². The van der Waals surface area contributed by atoms with Gasteiger partial charge in [-0.3, -0.25) is 14.3 Å². The number of carbonyl (C=O) groups excluding carboxylic acids is 1. The summed E-state index contributed by atoms with van der Waals surface area (Å²) in [5.74, 6) is -0.891. The van der Waals surface area contributed by atoms with E-state index in [-0.39, 0.29) is 12.0 Å². The summed E-state index contributed by atoms with van der Waals surface area (Å²) in [5.41, 5.74) is -1.99. The predicted molar refractivity (Wildman–Crippen MR) is 64.3 cm³/mol. The molecule has 1 aliphatic rings. The third-order valence-electron chi connectivity index (χ3n) is 3.07. The fraction of sp³-hybridized carbons (Fsp3) is 0.545. The van der Waals surface area contributed by atoms with Crippen molar-refractivity contribution in [1.29, 1.82) is 0 Å². The second-order valence-corrected chi connectivity index (χ2v) is 4.32. The molecule has 0 amide bonds. The molecule has 20 heavy (non-hydrogen) atoms. The van der Waals surface area contributed by atoms with Crippen LogP contribution in [0.25, 0.3) is 0 Å². The lowest BCUT2D eigenvalue weighted by molar-refractivity contribution is -0.0460. The van der Waals surface area contributed by atoms with E-state index < -0.39 is 42.3 Å². The quantitative estimate of drug-likeness (QED) is 0.546. The molecule has 1 saturated heterocycles. The normalized spacial score (nSPS) is 25.6. The third kappa shape index (κ3) is 2.50. The average Bonchev–Trinajstić information content (AvgIpc) is 2.79. The highest BCUT2D eigenvalue weighted by Crippen LogP contribution is 2.27. The van der Waals surface area contributed by atoms with Gasteiger partial charge in [-0.2, -0.15) is 0 Å². The second-order valence-electron chi connectivity index (χ2n) is 4.32. The lowest BCUT2D eigenvalue weighted by atomic mass is 10.2. The van der Waals surface area contributed by atoms with Crippen LogP contribution < -0.4 is 11.2 Å². The van der Waals surface area contributed by atoms with Crippen molar-refractivity contribution in [3.63, 3.8) is 0 Å². The zero-order chi connectivity index (χ0) is 14.9. The van der Waals surface area contributed by atoms with Crippen molar-refractivity contribution in [2.75, 3.05) is 13.7 Å². The van der Waals surface area contributed by atoms with Gasteiger partial charge in [0.25, 0.3) is 5.56 Å². The van der Waals surface area contributed by atoms with E-state index in [0.29, 0.717) is 0 Å². The lowest BCUT2D eigenvalue weighted by Gasteiger charge is -2.14. The van der Waals surface area contributed by atoms with Gasteiger partial charge in [-0.1, -0.05) is 0 Å². The van der Waals surface area contributed by atoms with E-state index in [1.165, 1.54) is 0 Å². The van der Waals surface area contributed by atoms with Crippen LogP contribution in [0.2, 0.25) is 0 Å². The molecule has 2 heterocycles. The monoisotopic (exact) mass is 286 g/mol. The van der Waals surface area contributed by atoms with Gasteiger partial charge < -0.3 is 19.7 Å². The number of methoxy groups -OCH3 is 1. The van der Waals surface area contributed by atoms with Crippen LogP contribution in [0.1, 0.15) is 23.0 Å². The Morgan fingerprint density at radius 3 is 2.85 bits per heavy atom. The molecule has 9 heteroatoms. The Balaban J connectivity index is 2.40. The number of aliphatic hydroxyl groups is 2. The number of H-pyrrole nitrogens is 1. The lowest BCUT2D eigenvalue weighted by Crippen LogP contribution is -2.35. The molecule has 0 radical (unpaired) electrons. The molecular formula is C11H14N2O7. The standard InChI is InChI=1S/C11H14N2O7/c1-19-10(17)5-3-13(11(18)12-9(5)16)8-2-6(15)7(4-14)20-8/h3,6-8,14-15H,2,4H2,1H3,(H,12,16,18)/t6-,7-,8-/m1/s1. The molecule has 9 nitrogen and oxygen atoms in total. The van der Waals surface area contributed by atoms with Crippen LogP contribution in [0.15, 0.2) is 15.8 Å². The molecule has 1 aliphatic heterocycles. The molecule has 0 aliphatic carbocycles. The minimum Gasteiger partial charge on any atom is -0.465 e. The second kappa shape index (κ2) is 5.57. The molecule has 1 fully saturated rings. The van der Waals surface area contributed by atoms with Crippen molar-refractivity contribution in [2.45, 2.75) is 24.9 Å². The fourth-order valence-corrected chi connectivity index (χ4v) is 2.00. The number of ether oxygens (including phenoxy) is 2. The van der Waals surface area contributed by atoms with Crippen molar-refractivity contribution in [3.8, 4) is 0 Å². The van der Waals surface area contributed by atoms with E-state index in [0.717, 1.165) is 17.9 Å². The topological polar surface area (TPSA) is 131 Å². The molecule has 0 spiro atoms. The number of nitrogens with one attached hydrogen (secondary N) is 1. The first-order valence-electron chi connectivity index (χ1n) is 5.86. The van der Waals surface area contributed by atoms with Gasteiger partial charge in [0, 0.05) is 12.6 Å². The van der Waals surface area contributed by atoms with Crippen molar-refractivity contribution < 1.29 is 24.5 Å². The highest BCUT2D eigenvalue weighted by atomic mass is 16.5. The summed E-state index contributed by atoms with van der Waals surface area (Å²) < 4.78 is 10.7. The smallest absolute Gasteiger partial charge is 0.345 e. The molecule has 0 saturated carbocycles. The van der Waals surface area contributed by atoms with Crippen LogP contribution in [0.4, 0.5) is 0 Å². The number of aromatic nitrogens is 2. The first kappa shape index (κ1) is 14.4. The summed E-state index contributed by atoms with van der Waals surface area (Å²) in [4.78, 5) is 36.6. The molecule has 1 aromatic rings. The van der Waals surface area contributed by atoms with Gasteiger partial charge in [0.15, 0.2) is 0 Å². The van der Waals surface area contributed by atoms with Crippen LogP contribution in [-0.2, 0) is 9.47 Å². The molecule has 2 rings (SSSR count). The summed E-state index contributed by atoms with van der Waals surface area (Å²) >= 11 is 0. The number of carbonyl (C=O) groups is 1. The largest absolute Gasteiger partial charge is 0.465 e.